The van der Waals surface area contributed by atoms with Gasteiger partial charge in [-0.25, -0.2) is 0 Å². The number of hydrogen-bond acceptors (Lipinski definition) is 3. The Bertz CT molecular complexity index is 616. The first-order chi connectivity index (χ1) is 9.69. The van der Waals surface area contributed by atoms with E-state index in [1.54, 1.807) is 7.11 Å². The van der Waals surface area contributed by atoms with E-state index in [0.29, 0.717) is 5.92 Å². The average Bonchev–Trinajstić information content (AvgIpc) is 2.88. The summed E-state index contributed by atoms with van der Waals surface area (Å²) in [6.07, 6.45) is 2.09. The van der Waals surface area contributed by atoms with Gasteiger partial charge in [-0.15, -0.1) is 0 Å². The number of ether oxygens (including phenoxy) is 1. The number of benzene rings is 1. The van der Waals surface area contributed by atoms with Gasteiger partial charge < -0.3 is 10.1 Å². The number of aromatic amines is 1. The lowest BCUT2D eigenvalue weighted by atomic mass is 9.90. The molecule has 0 fully saturated rings. The number of methoxy groups -OCH3 is 1. The third kappa shape index (κ3) is 2.26. The van der Waals surface area contributed by atoms with Crippen LogP contribution in [0.15, 0.2) is 18.2 Å². The molecule has 1 aromatic heterocycles. The van der Waals surface area contributed by atoms with Crippen LogP contribution < -0.4 is 10.1 Å². The van der Waals surface area contributed by atoms with Gasteiger partial charge in [0, 0.05) is 17.7 Å². The molecule has 4 nitrogen and oxygen atoms in total. The summed E-state index contributed by atoms with van der Waals surface area (Å²) in [6.45, 7) is 5.35. The largest absolute Gasteiger partial charge is 0.497 e. The number of aromatic nitrogens is 2. The summed E-state index contributed by atoms with van der Waals surface area (Å²) in [4.78, 5) is 0. The predicted octanol–water partition coefficient (Wildman–Crippen LogP) is 3.25. The zero-order chi connectivity index (χ0) is 14.1. The molecule has 0 saturated carbocycles. The molecular formula is C16H21N3O. The highest BCUT2D eigenvalue weighted by Gasteiger charge is 2.22. The van der Waals surface area contributed by atoms with Crippen LogP contribution in [0.2, 0.25) is 0 Å². The summed E-state index contributed by atoms with van der Waals surface area (Å²) in [5.41, 5.74) is 5.01. The van der Waals surface area contributed by atoms with Crippen molar-refractivity contribution < 1.29 is 4.74 Å². The maximum atomic E-state index is 5.33. The Balaban J connectivity index is 1.96. The van der Waals surface area contributed by atoms with E-state index < -0.39 is 0 Å². The Morgan fingerprint density at radius 3 is 2.95 bits per heavy atom. The number of hydrogen-bond donors (Lipinski definition) is 2. The monoisotopic (exact) mass is 271 g/mol. The minimum Gasteiger partial charge on any atom is -0.497 e. The Labute approximate surface area is 119 Å². The number of nitrogens with one attached hydrogen (secondary N) is 2. The highest BCUT2D eigenvalue weighted by atomic mass is 16.5. The van der Waals surface area contributed by atoms with Crippen LogP contribution in [-0.4, -0.2) is 23.9 Å². The topological polar surface area (TPSA) is 49.9 Å². The highest BCUT2D eigenvalue weighted by Crippen LogP contribution is 2.37. The van der Waals surface area contributed by atoms with E-state index in [1.165, 1.54) is 16.7 Å². The number of nitrogens with zero attached hydrogens (tertiary/aromatic N) is 1. The molecule has 106 valence electrons. The summed E-state index contributed by atoms with van der Waals surface area (Å²) in [6, 6.07) is 6.27. The van der Waals surface area contributed by atoms with E-state index in [0.717, 1.165) is 36.6 Å². The summed E-state index contributed by atoms with van der Waals surface area (Å²) < 4.78 is 5.33. The van der Waals surface area contributed by atoms with Crippen LogP contribution >= 0.6 is 0 Å². The van der Waals surface area contributed by atoms with Crippen molar-refractivity contribution in [2.24, 2.45) is 5.92 Å². The Morgan fingerprint density at radius 1 is 1.35 bits per heavy atom. The van der Waals surface area contributed by atoms with E-state index in [9.17, 15) is 0 Å². The highest BCUT2D eigenvalue weighted by molar-refractivity contribution is 5.75. The average molecular weight is 271 g/mol. The molecule has 0 atom stereocenters. The molecule has 1 heterocycles. The normalized spacial score (nSPS) is 13.0. The molecule has 1 aliphatic rings. The number of fused-ring (bicyclic) bond motifs is 3. The Hall–Kier alpha value is -1.97. The lowest BCUT2D eigenvalue weighted by molar-refractivity contribution is 0.415. The van der Waals surface area contributed by atoms with Crippen molar-refractivity contribution in [2.45, 2.75) is 26.7 Å². The third-order valence-electron chi connectivity index (χ3n) is 3.78. The number of aryl methyl sites for hydroxylation is 1. The van der Waals surface area contributed by atoms with Crippen molar-refractivity contribution in [2.75, 3.05) is 19.0 Å². The minimum atomic E-state index is 0.610. The molecule has 4 heteroatoms. The van der Waals surface area contributed by atoms with E-state index in [4.69, 9.17) is 4.74 Å². The van der Waals surface area contributed by atoms with E-state index >= 15 is 0 Å². The van der Waals surface area contributed by atoms with Gasteiger partial charge in [-0.2, -0.15) is 5.10 Å². The number of rotatable bonds is 4. The van der Waals surface area contributed by atoms with Gasteiger partial charge in [0.05, 0.1) is 12.8 Å². The molecule has 2 aromatic rings. The first-order valence-electron chi connectivity index (χ1n) is 7.17. The smallest absolute Gasteiger partial charge is 0.151 e. The molecule has 0 bridgehead atoms. The molecule has 0 radical (unpaired) electrons. The third-order valence-corrected chi connectivity index (χ3v) is 3.78. The second kappa shape index (κ2) is 5.19. The van der Waals surface area contributed by atoms with Crippen molar-refractivity contribution in [3.63, 3.8) is 0 Å². The van der Waals surface area contributed by atoms with E-state index in [2.05, 4.69) is 41.5 Å². The molecule has 0 unspecified atom stereocenters. The molecule has 2 N–H and O–H groups in total. The molecule has 1 aliphatic carbocycles. The fourth-order valence-electron chi connectivity index (χ4n) is 2.67. The van der Waals surface area contributed by atoms with Gasteiger partial charge in [0.1, 0.15) is 5.75 Å². The van der Waals surface area contributed by atoms with Gasteiger partial charge in [0.15, 0.2) is 5.82 Å². The Morgan fingerprint density at radius 2 is 2.20 bits per heavy atom. The van der Waals surface area contributed by atoms with Crippen molar-refractivity contribution >= 4 is 5.82 Å². The molecule has 0 spiro atoms. The summed E-state index contributed by atoms with van der Waals surface area (Å²) in [7, 11) is 1.70. The lowest BCUT2D eigenvalue weighted by Gasteiger charge is -2.18. The minimum absolute atomic E-state index is 0.610. The van der Waals surface area contributed by atoms with Crippen LogP contribution in [-0.2, 0) is 12.8 Å². The molecule has 3 rings (SSSR count). The van der Waals surface area contributed by atoms with Crippen molar-refractivity contribution in [1.29, 1.82) is 0 Å². The fourth-order valence-corrected chi connectivity index (χ4v) is 2.67. The van der Waals surface area contributed by atoms with Crippen LogP contribution in [0, 0.1) is 5.92 Å². The van der Waals surface area contributed by atoms with Crippen LogP contribution in [0.25, 0.3) is 11.3 Å². The number of H-pyrrole nitrogens is 1. The van der Waals surface area contributed by atoms with Crippen LogP contribution in [0.4, 0.5) is 5.82 Å². The van der Waals surface area contributed by atoms with Gasteiger partial charge in [-0.05, 0) is 36.5 Å². The van der Waals surface area contributed by atoms with Gasteiger partial charge in [0.25, 0.3) is 0 Å². The van der Waals surface area contributed by atoms with Crippen LogP contribution in [0.5, 0.6) is 5.75 Å². The van der Waals surface area contributed by atoms with Crippen molar-refractivity contribution in [3.8, 4) is 17.0 Å². The van der Waals surface area contributed by atoms with Crippen molar-refractivity contribution in [3.05, 3.63) is 29.3 Å². The molecule has 0 amide bonds. The van der Waals surface area contributed by atoms with Gasteiger partial charge >= 0.3 is 0 Å². The first kappa shape index (κ1) is 13.0. The van der Waals surface area contributed by atoms with E-state index in [-0.39, 0.29) is 0 Å². The molecule has 1 aromatic carbocycles. The second-order valence-corrected chi connectivity index (χ2v) is 5.72. The molecule has 0 saturated heterocycles. The van der Waals surface area contributed by atoms with Gasteiger partial charge in [-0.3, -0.25) is 5.10 Å². The number of anilines is 1. The summed E-state index contributed by atoms with van der Waals surface area (Å²) >= 11 is 0. The first-order valence-corrected chi connectivity index (χ1v) is 7.17. The summed E-state index contributed by atoms with van der Waals surface area (Å²) in [5, 5.41) is 11.1. The summed E-state index contributed by atoms with van der Waals surface area (Å²) in [5.74, 6) is 2.50. The quantitative estimate of drug-likeness (QED) is 0.897. The maximum Gasteiger partial charge on any atom is 0.151 e. The van der Waals surface area contributed by atoms with Crippen LogP contribution in [0.3, 0.4) is 0 Å². The van der Waals surface area contributed by atoms with Gasteiger partial charge in [-0.1, -0.05) is 19.9 Å². The van der Waals surface area contributed by atoms with Gasteiger partial charge in [0.2, 0.25) is 0 Å². The molecule has 0 aliphatic heterocycles. The SMILES string of the molecule is COc1ccc2c(c1)-c1[nH]nc(NCC(C)C)c1CC2. The molecular weight excluding hydrogens is 250 g/mol. The zero-order valence-corrected chi connectivity index (χ0v) is 12.3. The zero-order valence-electron chi connectivity index (χ0n) is 12.3. The van der Waals surface area contributed by atoms with Crippen LogP contribution in [0.1, 0.15) is 25.0 Å². The maximum absolute atomic E-state index is 5.33. The lowest BCUT2D eigenvalue weighted by Crippen LogP contribution is -2.11. The predicted molar refractivity (Wildman–Crippen MR) is 81.3 cm³/mol. The fraction of sp³-hybridized carbons (Fsp3) is 0.438. The van der Waals surface area contributed by atoms with E-state index in [1.807, 2.05) is 6.07 Å². The molecule has 20 heavy (non-hydrogen) atoms. The van der Waals surface area contributed by atoms with Crippen molar-refractivity contribution in [1.82, 2.24) is 10.2 Å². The standard InChI is InChI=1S/C16H21N3O/c1-10(2)9-17-16-13-7-5-11-4-6-12(20-3)8-14(11)15(13)18-19-16/h4,6,8,10H,5,7,9H2,1-3H3,(H2,17,18,19). The second-order valence-electron chi connectivity index (χ2n) is 5.72. The Kier molecular flexibility index (Phi) is 3.38.